The summed E-state index contributed by atoms with van der Waals surface area (Å²) in [6.07, 6.45) is 3.07. The first-order valence-electron chi connectivity index (χ1n) is 4.11. The molecule has 0 saturated heterocycles. The highest BCUT2D eigenvalue weighted by molar-refractivity contribution is 5.28. The van der Waals surface area contributed by atoms with Gasteiger partial charge in [-0.3, -0.25) is 0 Å². The van der Waals surface area contributed by atoms with Crippen LogP contribution in [0.25, 0.3) is 0 Å². The third-order valence-electron chi connectivity index (χ3n) is 2.27. The standard InChI is InChI=1S/C10H10N2/c11-7-12-10-6-9(10)8-4-2-1-3-5-8/h1-5,9-10,12H,6H2. The van der Waals surface area contributed by atoms with Crippen LogP contribution in [-0.4, -0.2) is 6.04 Å². The zero-order valence-corrected chi connectivity index (χ0v) is 6.70. The maximum Gasteiger partial charge on any atom is 0.176 e. The predicted molar refractivity (Wildman–Crippen MR) is 46.3 cm³/mol. The lowest BCUT2D eigenvalue weighted by Crippen LogP contribution is -2.09. The molecule has 0 bridgehead atoms. The fraction of sp³-hybridized carbons (Fsp3) is 0.300. The van der Waals surface area contributed by atoms with E-state index < -0.39 is 0 Å². The molecule has 2 heteroatoms. The van der Waals surface area contributed by atoms with Crippen molar-refractivity contribution in [1.82, 2.24) is 5.32 Å². The molecule has 2 nitrogen and oxygen atoms in total. The van der Waals surface area contributed by atoms with Crippen LogP contribution in [0, 0.1) is 11.5 Å². The minimum absolute atomic E-state index is 0.386. The first-order valence-corrected chi connectivity index (χ1v) is 4.11. The van der Waals surface area contributed by atoms with Gasteiger partial charge in [-0.05, 0) is 12.0 Å². The van der Waals surface area contributed by atoms with E-state index in [0.717, 1.165) is 6.42 Å². The van der Waals surface area contributed by atoms with Crippen molar-refractivity contribution in [3.8, 4) is 6.19 Å². The monoisotopic (exact) mass is 158 g/mol. The van der Waals surface area contributed by atoms with E-state index in [1.165, 1.54) is 5.56 Å². The van der Waals surface area contributed by atoms with Crippen LogP contribution in [0.4, 0.5) is 0 Å². The lowest BCUT2D eigenvalue weighted by Gasteiger charge is -1.96. The van der Waals surface area contributed by atoms with Gasteiger partial charge in [0.1, 0.15) is 0 Å². The summed E-state index contributed by atoms with van der Waals surface area (Å²) in [6, 6.07) is 10.7. The molecule has 0 spiro atoms. The zero-order chi connectivity index (χ0) is 8.39. The third kappa shape index (κ3) is 1.26. The highest BCUT2D eigenvalue weighted by Gasteiger charge is 2.37. The molecule has 1 saturated carbocycles. The van der Waals surface area contributed by atoms with Gasteiger partial charge in [0, 0.05) is 12.0 Å². The van der Waals surface area contributed by atoms with Crippen LogP contribution in [0.1, 0.15) is 17.9 Å². The molecule has 60 valence electrons. The van der Waals surface area contributed by atoms with Crippen molar-refractivity contribution in [2.24, 2.45) is 0 Å². The molecule has 1 fully saturated rings. The number of benzene rings is 1. The second-order valence-corrected chi connectivity index (χ2v) is 3.12. The highest BCUT2D eigenvalue weighted by atomic mass is 15.0. The van der Waals surface area contributed by atoms with Crippen LogP contribution in [0.3, 0.4) is 0 Å². The van der Waals surface area contributed by atoms with E-state index in [1.807, 2.05) is 24.4 Å². The Morgan fingerprint density at radius 2 is 2.08 bits per heavy atom. The zero-order valence-electron chi connectivity index (χ0n) is 6.70. The third-order valence-corrected chi connectivity index (χ3v) is 2.27. The first kappa shape index (κ1) is 7.17. The lowest BCUT2D eigenvalue weighted by atomic mass is 10.1. The summed E-state index contributed by atoms with van der Waals surface area (Å²) in [5.41, 5.74) is 1.34. The molecule has 0 aliphatic heterocycles. The van der Waals surface area contributed by atoms with Gasteiger partial charge in [-0.25, -0.2) is 0 Å². The predicted octanol–water partition coefficient (Wildman–Crippen LogP) is 1.61. The Morgan fingerprint density at radius 1 is 1.33 bits per heavy atom. The van der Waals surface area contributed by atoms with Crippen molar-refractivity contribution in [3.63, 3.8) is 0 Å². The fourth-order valence-electron chi connectivity index (χ4n) is 1.51. The van der Waals surface area contributed by atoms with E-state index in [-0.39, 0.29) is 0 Å². The summed E-state index contributed by atoms with van der Waals surface area (Å²) in [7, 11) is 0. The SMILES string of the molecule is N#CNC1CC1c1ccccc1. The van der Waals surface area contributed by atoms with Crippen molar-refractivity contribution in [2.75, 3.05) is 0 Å². The normalized spacial score (nSPS) is 25.9. The molecule has 1 N–H and O–H groups in total. The molecule has 1 aliphatic rings. The van der Waals surface area contributed by atoms with Crippen molar-refractivity contribution >= 4 is 0 Å². The molecule has 2 rings (SSSR count). The minimum atomic E-state index is 0.386. The van der Waals surface area contributed by atoms with E-state index in [9.17, 15) is 0 Å². The largest absolute Gasteiger partial charge is 0.320 e. The van der Waals surface area contributed by atoms with Crippen molar-refractivity contribution < 1.29 is 0 Å². The van der Waals surface area contributed by atoms with Crippen LogP contribution < -0.4 is 5.32 Å². The average Bonchev–Trinajstić information content (AvgIpc) is 2.87. The van der Waals surface area contributed by atoms with E-state index >= 15 is 0 Å². The van der Waals surface area contributed by atoms with Gasteiger partial charge >= 0.3 is 0 Å². The van der Waals surface area contributed by atoms with E-state index in [2.05, 4.69) is 17.4 Å². The maximum atomic E-state index is 8.38. The summed E-state index contributed by atoms with van der Waals surface area (Å²) < 4.78 is 0. The topological polar surface area (TPSA) is 35.8 Å². The van der Waals surface area contributed by atoms with Gasteiger partial charge in [-0.1, -0.05) is 30.3 Å². The maximum absolute atomic E-state index is 8.38. The lowest BCUT2D eigenvalue weighted by molar-refractivity contribution is 0.842. The Morgan fingerprint density at radius 3 is 2.75 bits per heavy atom. The molecule has 0 aromatic heterocycles. The van der Waals surface area contributed by atoms with Crippen molar-refractivity contribution in [3.05, 3.63) is 35.9 Å². The summed E-state index contributed by atoms with van der Waals surface area (Å²) in [5.74, 6) is 0.561. The molecule has 0 heterocycles. The van der Waals surface area contributed by atoms with E-state index in [1.54, 1.807) is 0 Å². The second kappa shape index (κ2) is 2.86. The van der Waals surface area contributed by atoms with Crippen LogP contribution in [0.5, 0.6) is 0 Å². The van der Waals surface area contributed by atoms with Gasteiger partial charge in [-0.2, -0.15) is 5.26 Å². The summed E-state index contributed by atoms with van der Waals surface area (Å²) in [5, 5.41) is 11.2. The summed E-state index contributed by atoms with van der Waals surface area (Å²) in [6.45, 7) is 0. The Hall–Kier alpha value is -1.49. The average molecular weight is 158 g/mol. The fourth-order valence-corrected chi connectivity index (χ4v) is 1.51. The van der Waals surface area contributed by atoms with Crippen molar-refractivity contribution in [1.29, 1.82) is 5.26 Å². The summed E-state index contributed by atoms with van der Waals surface area (Å²) >= 11 is 0. The Kier molecular flexibility index (Phi) is 1.71. The quantitative estimate of drug-likeness (QED) is 0.524. The molecule has 12 heavy (non-hydrogen) atoms. The molecule has 1 aliphatic carbocycles. The number of nitrogens with zero attached hydrogens (tertiary/aromatic N) is 1. The van der Waals surface area contributed by atoms with Gasteiger partial charge < -0.3 is 5.32 Å². The molecule has 0 radical (unpaired) electrons. The van der Waals surface area contributed by atoms with Crippen LogP contribution in [0.15, 0.2) is 30.3 Å². The number of nitrogens with one attached hydrogen (secondary N) is 1. The second-order valence-electron chi connectivity index (χ2n) is 3.12. The molecular formula is C10H10N2. The number of hydrogen-bond donors (Lipinski definition) is 1. The van der Waals surface area contributed by atoms with E-state index in [0.29, 0.717) is 12.0 Å². The molecule has 2 unspecified atom stereocenters. The van der Waals surface area contributed by atoms with E-state index in [4.69, 9.17) is 5.26 Å². The molecular weight excluding hydrogens is 148 g/mol. The molecule has 0 amide bonds. The molecule has 1 aromatic rings. The number of hydrogen-bond acceptors (Lipinski definition) is 2. The first-order chi connectivity index (χ1) is 5.92. The van der Waals surface area contributed by atoms with Gasteiger partial charge in [0.2, 0.25) is 0 Å². The summed E-state index contributed by atoms with van der Waals surface area (Å²) in [4.78, 5) is 0. The Balaban J connectivity index is 2.03. The van der Waals surface area contributed by atoms with Crippen LogP contribution in [0.2, 0.25) is 0 Å². The minimum Gasteiger partial charge on any atom is -0.320 e. The van der Waals surface area contributed by atoms with Crippen LogP contribution in [-0.2, 0) is 0 Å². The van der Waals surface area contributed by atoms with Crippen LogP contribution >= 0.6 is 0 Å². The van der Waals surface area contributed by atoms with Gasteiger partial charge in [0.25, 0.3) is 0 Å². The Labute approximate surface area is 71.8 Å². The van der Waals surface area contributed by atoms with Gasteiger partial charge in [0.15, 0.2) is 6.19 Å². The van der Waals surface area contributed by atoms with Crippen molar-refractivity contribution in [2.45, 2.75) is 18.4 Å². The highest BCUT2D eigenvalue weighted by Crippen LogP contribution is 2.40. The molecule has 1 aromatic carbocycles. The smallest absolute Gasteiger partial charge is 0.176 e. The Bertz CT molecular complexity index is 299. The van der Waals surface area contributed by atoms with Gasteiger partial charge in [0.05, 0.1) is 0 Å². The van der Waals surface area contributed by atoms with Gasteiger partial charge in [-0.15, -0.1) is 0 Å². The molecule has 2 atom stereocenters. The number of nitriles is 1. The number of rotatable bonds is 2.